The highest BCUT2D eigenvalue weighted by Gasteiger charge is 2.72. The lowest BCUT2D eigenvalue weighted by molar-refractivity contribution is -0.249. The average Bonchev–Trinajstić information content (AvgIpc) is 3.22. The van der Waals surface area contributed by atoms with Crippen LogP contribution in [0.3, 0.4) is 0 Å². The van der Waals surface area contributed by atoms with Crippen molar-refractivity contribution in [3.63, 3.8) is 0 Å². The molecule has 0 heterocycles. The van der Waals surface area contributed by atoms with Crippen LogP contribution in [-0.2, 0) is 9.53 Å². The number of carbonyl (C=O) groups excluding carboxylic acids is 1. The average molecular weight is 544 g/mol. The second-order valence-electron chi connectivity index (χ2n) is 16.7. The number of ether oxygens (including phenoxy) is 1. The molecule has 39 heavy (non-hydrogen) atoms. The summed E-state index contributed by atoms with van der Waals surface area (Å²) in [5.74, 6) is 2.53. The molecule has 5 rings (SSSR count). The standard InChI is InChI=1S/C34H57NO4/c1-20(2)22-12-17-34(28(36)37)19-18-32(8)23(27(22)34)10-11-25-31(7)15-14-26(39-29(38)35-21(3)4)30(5,6)24(31)13-16-33(25,32)9/h20-27H,10-19H2,1-9H3,(H,35,38)(H,36,37)/t22?,23?,24?,25?,26-,27?,31+,32-,33-,34+/m1/s1. The Balaban J connectivity index is 1.46. The Kier molecular flexibility index (Phi) is 7.03. The van der Waals surface area contributed by atoms with E-state index in [2.05, 4.69) is 53.8 Å². The number of carbonyl (C=O) groups is 2. The van der Waals surface area contributed by atoms with Crippen LogP contribution in [0.2, 0.25) is 0 Å². The molecule has 0 aromatic carbocycles. The maximum absolute atomic E-state index is 12.9. The third-order valence-corrected chi connectivity index (χ3v) is 14.4. The van der Waals surface area contributed by atoms with Gasteiger partial charge in [0.05, 0.1) is 5.41 Å². The second kappa shape index (κ2) is 9.38. The smallest absolute Gasteiger partial charge is 0.407 e. The summed E-state index contributed by atoms with van der Waals surface area (Å²) in [6.45, 7) is 21.1. The van der Waals surface area contributed by atoms with Crippen LogP contribution in [0.5, 0.6) is 0 Å². The molecule has 0 saturated heterocycles. The van der Waals surface area contributed by atoms with Crippen LogP contribution in [0, 0.1) is 62.6 Å². The molecule has 0 aromatic heterocycles. The molecule has 0 aliphatic heterocycles. The first-order chi connectivity index (χ1) is 18.0. The molecule has 5 heteroatoms. The molecular formula is C34H57NO4. The summed E-state index contributed by atoms with van der Waals surface area (Å²) in [4.78, 5) is 25.5. The van der Waals surface area contributed by atoms with Gasteiger partial charge in [-0.3, -0.25) is 4.79 Å². The molecule has 0 bridgehead atoms. The summed E-state index contributed by atoms with van der Waals surface area (Å²) in [7, 11) is 0. The van der Waals surface area contributed by atoms with Crippen molar-refractivity contribution in [3.8, 4) is 0 Å². The van der Waals surface area contributed by atoms with E-state index in [1.807, 2.05) is 13.8 Å². The quantitative estimate of drug-likeness (QED) is 0.374. The first-order valence-electron chi connectivity index (χ1n) is 16.2. The van der Waals surface area contributed by atoms with E-state index in [-0.39, 0.29) is 39.9 Å². The number of alkyl carbamates (subject to hydrolysis) is 1. The number of carboxylic acids is 1. The van der Waals surface area contributed by atoms with Crippen molar-refractivity contribution in [3.05, 3.63) is 0 Å². The second-order valence-corrected chi connectivity index (χ2v) is 16.7. The van der Waals surface area contributed by atoms with E-state index in [9.17, 15) is 14.7 Å². The summed E-state index contributed by atoms with van der Waals surface area (Å²) < 4.78 is 6.09. The highest BCUT2D eigenvalue weighted by molar-refractivity contribution is 5.76. The molecule has 222 valence electrons. The molecule has 5 aliphatic rings. The Morgan fingerprint density at radius 3 is 2.10 bits per heavy atom. The van der Waals surface area contributed by atoms with E-state index in [1.165, 1.54) is 25.7 Å². The Bertz CT molecular complexity index is 990. The molecule has 2 N–H and O–H groups in total. The van der Waals surface area contributed by atoms with E-state index in [0.29, 0.717) is 35.5 Å². The fourth-order valence-electron chi connectivity index (χ4n) is 12.3. The van der Waals surface area contributed by atoms with Crippen LogP contribution in [0.1, 0.15) is 127 Å². The van der Waals surface area contributed by atoms with Crippen molar-refractivity contribution < 1.29 is 19.4 Å². The Morgan fingerprint density at radius 2 is 1.49 bits per heavy atom. The molecule has 0 spiro atoms. The van der Waals surface area contributed by atoms with Crippen LogP contribution >= 0.6 is 0 Å². The zero-order valence-electron chi connectivity index (χ0n) is 26.4. The van der Waals surface area contributed by atoms with E-state index >= 15 is 0 Å². The van der Waals surface area contributed by atoms with E-state index < -0.39 is 11.4 Å². The number of hydrogen-bond donors (Lipinski definition) is 2. The van der Waals surface area contributed by atoms with E-state index in [1.54, 1.807) is 0 Å². The van der Waals surface area contributed by atoms with Gasteiger partial charge in [0.2, 0.25) is 0 Å². The molecule has 0 radical (unpaired) electrons. The molecule has 1 amide bonds. The van der Waals surface area contributed by atoms with E-state index in [4.69, 9.17) is 4.74 Å². The van der Waals surface area contributed by atoms with Gasteiger partial charge in [-0.1, -0.05) is 48.5 Å². The monoisotopic (exact) mass is 543 g/mol. The van der Waals surface area contributed by atoms with Gasteiger partial charge in [-0.15, -0.1) is 0 Å². The summed E-state index contributed by atoms with van der Waals surface area (Å²) in [6.07, 6.45) is 10.4. The number of rotatable bonds is 4. The van der Waals surface area contributed by atoms with Gasteiger partial charge in [0.25, 0.3) is 0 Å². The summed E-state index contributed by atoms with van der Waals surface area (Å²) in [5.41, 5.74) is 0.0404. The van der Waals surface area contributed by atoms with Gasteiger partial charge in [0.15, 0.2) is 0 Å². The minimum absolute atomic E-state index is 0.0539. The van der Waals surface area contributed by atoms with Crippen molar-refractivity contribution in [2.45, 2.75) is 139 Å². The zero-order valence-corrected chi connectivity index (χ0v) is 26.4. The molecule has 10 atom stereocenters. The third kappa shape index (κ3) is 3.97. The van der Waals surface area contributed by atoms with Crippen molar-refractivity contribution in [2.24, 2.45) is 62.6 Å². The SMILES string of the molecule is CC(C)NC(=O)O[C@@H]1CC[C@@]2(C)C(CC[C@]3(C)C2CCC2C4C(C(C)C)CC[C@]4(C(=O)O)CC[C@]23C)C1(C)C. The zero-order chi connectivity index (χ0) is 28.8. The minimum Gasteiger partial charge on any atom is -0.481 e. The van der Waals surface area contributed by atoms with Gasteiger partial charge in [-0.25, -0.2) is 4.79 Å². The van der Waals surface area contributed by atoms with Crippen molar-refractivity contribution >= 4 is 12.1 Å². The number of hydrogen-bond acceptors (Lipinski definition) is 3. The number of amides is 1. The number of aliphatic carboxylic acids is 1. The number of nitrogens with one attached hydrogen (secondary N) is 1. The van der Waals surface area contributed by atoms with Crippen molar-refractivity contribution in [1.29, 1.82) is 0 Å². The van der Waals surface area contributed by atoms with Crippen LogP contribution in [0.15, 0.2) is 0 Å². The highest BCUT2D eigenvalue weighted by atomic mass is 16.6. The van der Waals surface area contributed by atoms with Gasteiger partial charge < -0.3 is 15.2 Å². The Morgan fingerprint density at radius 1 is 0.795 bits per heavy atom. The van der Waals surface area contributed by atoms with Gasteiger partial charge in [0.1, 0.15) is 6.10 Å². The van der Waals surface area contributed by atoms with Crippen molar-refractivity contribution in [2.75, 3.05) is 0 Å². The lowest BCUT2D eigenvalue weighted by Crippen LogP contribution is -2.67. The number of fused-ring (bicyclic) bond motifs is 7. The Hall–Kier alpha value is -1.26. The molecule has 5 nitrogen and oxygen atoms in total. The molecule has 5 unspecified atom stereocenters. The molecule has 5 aliphatic carbocycles. The summed E-state index contributed by atoms with van der Waals surface area (Å²) in [5, 5.41) is 13.6. The predicted octanol–water partition coefficient (Wildman–Crippen LogP) is 8.31. The lowest BCUT2D eigenvalue weighted by atomic mass is 9.32. The summed E-state index contributed by atoms with van der Waals surface area (Å²) >= 11 is 0. The minimum atomic E-state index is -0.512. The van der Waals surface area contributed by atoms with Crippen LogP contribution in [-0.4, -0.2) is 29.3 Å². The third-order valence-electron chi connectivity index (χ3n) is 14.4. The molecule has 5 saturated carbocycles. The molecule has 5 fully saturated rings. The maximum Gasteiger partial charge on any atom is 0.407 e. The Labute approximate surface area is 238 Å². The number of carboxylic acid groups (broad SMARTS) is 1. The van der Waals surface area contributed by atoms with Crippen LogP contribution in [0.25, 0.3) is 0 Å². The van der Waals surface area contributed by atoms with Crippen molar-refractivity contribution in [1.82, 2.24) is 5.32 Å². The van der Waals surface area contributed by atoms with Gasteiger partial charge >= 0.3 is 12.1 Å². The van der Waals surface area contributed by atoms with Gasteiger partial charge in [-0.05, 0) is 130 Å². The van der Waals surface area contributed by atoms with Gasteiger partial charge in [-0.2, -0.15) is 0 Å². The van der Waals surface area contributed by atoms with Gasteiger partial charge in [0, 0.05) is 11.5 Å². The first-order valence-corrected chi connectivity index (χ1v) is 16.2. The highest BCUT2D eigenvalue weighted by Crippen LogP contribution is 2.77. The fourth-order valence-corrected chi connectivity index (χ4v) is 12.3. The first kappa shape index (κ1) is 29.2. The molecule has 0 aromatic rings. The van der Waals surface area contributed by atoms with Crippen LogP contribution < -0.4 is 5.32 Å². The molecular weight excluding hydrogens is 486 g/mol. The summed E-state index contributed by atoms with van der Waals surface area (Å²) in [6, 6.07) is 0.0753. The van der Waals surface area contributed by atoms with E-state index in [0.717, 1.165) is 38.5 Å². The lowest BCUT2D eigenvalue weighted by Gasteiger charge is -2.72. The largest absolute Gasteiger partial charge is 0.481 e. The fraction of sp³-hybridized carbons (Fsp3) is 0.941. The van der Waals surface area contributed by atoms with Crippen LogP contribution in [0.4, 0.5) is 4.79 Å². The predicted molar refractivity (Wildman–Crippen MR) is 155 cm³/mol. The normalized spacial score (nSPS) is 48.5. The topological polar surface area (TPSA) is 75.6 Å². The maximum atomic E-state index is 12.9.